The second-order valence-corrected chi connectivity index (χ2v) is 9.48. The van der Waals surface area contributed by atoms with Crippen molar-refractivity contribution in [3.8, 4) is 5.75 Å². The third-order valence-corrected chi connectivity index (χ3v) is 5.64. The molecule has 1 N–H and O–H groups in total. The van der Waals surface area contributed by atoms with Crippen LogP contribution in [0.3, 0.4) is 0 Å². The molecule has 10 heteroatoms. The number of imidazole rings is 1. The monoisotopic (exact) mass is 483 g/mol. The predicted molar refractivity (Wildman–Crippen MR) is 131 cm³/mol. The van der Waals surface area contributed by atoms with Gasteiger partial charge in [-0.05, 0) is 45.9 Å². The summed E-state index contributed by atoms with van der Waals surface area (Å²) in [6.07, 6.45) is 3.06. The van der Waals surface area contributed by atoms with Crippen LogP contribution in [-0.2, 0) is 4.74 Å². The lowest BCUT2D eigenvalue weighted by Gasteiger charge is -2.36. The van der Waals surface area contributed by atoms with E-state index in [9.17, 15) is 14.0 Å². The van der Waals surface area contributed by atoms with Gasteiger partial charge in [0.25, 0.3) is 5.91 Å². The van der Waals surface area contributed by atoms with Crippen molar-refractivity contribution in [3.63, 3.8) is 0 Å². The van der Waals surface area contributed by atoms with Crippen LogP contribution >= 0.6 is 0 Å². The predicted octanol–water partition coefficient (Wildman–Crippen LogP) is 4.10. The molecule has 1 aliphatic rings. The van der Waals surface area contributed by atoms with Crippen molar-refractivity contribution in [2.45, 2.75) is 33.3 Å². The molecule has 2 amide bonds. The van der Waals surface area contributed by atoms with Crippen LogP contribution in [0.4, 0.5) is 20.6 Å². The molecule has 35 heavy (non-hydrogen) atoms. The van der Waals surface area contributed by atoms with E-state index in [1.165, 1.54) is 19.2 Å². The van der Waals surface area contributed by atoms with Gasteiger partial charge in [-0.1, -0.05) is 0 Å². The average Bonchev–Trinajstić information content (AvgIpc) is 3.17. The van der Waals surface area contributed by atoms with Gasteiger partial charge < -0.3 is 29.0 Å². The molecule has 9 nitrogen and oxygen atoms in total. The van der Waals surface area contributed by atoms with Gasteiger partial charge in [-0.15, -0.1) is 0 Å². The van der Waals surface area contributed by atoms with Gasteiger partial charge in [0.15, 0.2) is 0 Å². The molecule has 1 fully saturated rings. The molecule has 4 rings (SSSR count). The Morgan fingerprint density at radius 1 is 1.09 bits per heavy atom. The number of carbonyl (C=O) groups excluding carboxylic acids is 2. The molecule has 1 aromatic carbocycles. The van der Waals surface area contributed by atoms with Crippen molar-refractivity contribution in [1.82, 2.24) is 14.3 Å². The number of hydrogen-bond donors (Lipinski definition) is 1. The summed E-state index contributed by atoms with van der Waals surface area (Å²) in [5, 5.41) is 2.63. The molecule has 0 atom stereocenters. The lowest BCUT2D eigenvalue weighted by Crippen LogP contribution is -2.50. The topological polar surface area (TPSA) is 88.4 Å². The van der Waals surface area contributed by atoms with Gasteiger partial charge in [-0.2, -0.15) is 0 Å². The number of benzene rings is 1. The van der Waals surface area contributed by atoms with Gasteiger partial charge in [-0.25, -0.2) is 14.2 Å². The van der Waals surface area contributed by atoms with Crippen LogP contribution in [0.25, 0.3) is 5.65 Å². The number of amides is 2. The molecular formula is C25H30FN5O4. The number of anilines is 2. The SMILES string of the molecule is COc1cc2nc(C)cn2cc1C(=O)Nc1ccc(N2CCN(C(=O)OC(C)(C)C)CC2)cc1F. The maximum atomic E-state index is 14.9. The zero-order valence-corrected chi connectivity index (χ0v) is 20.6. The largest absolute Gasteiger partial charge is 0.496 e. The zero-order valence-electron chi connectivity index (χ0n) is 20.6. The number of ether oxygens (including phenoxy) is 2. The number of halogens is 1. The zero-order chi connectivity index (χ0) is 25.3. The number of nitrogens with one attached hydrogen (secondary N) is 1. The number of hydrogen-bond acceptors (Lipinski definition) is 6. The van der Waals surface area contributed by atoms with Gasteiger partial charge in [0.2, 0.25) is 0 Å². The lowest BCUT2D eigenvalue weighted by molar-refractivity contribution is 0.0240. The van der Waals surface area contributed by atoms with Crippen molar-refractivity contribution in [1.29, 1.82) is 0 Å². The van der Waals surface area contributed by atoms with Crippen LogP contribution in [0.5, 0.6) is 5.75 Å². The van der Waals surface area contributed by atoms with Crippen LogP contribution in [0.15, 0.2) is 36.7 Å². The number of nitrogens with zero attached hydrogens (tertiary/aromatic N) is 4. The lowest BCUT2D eigenvalue weighted by atomic mass is 10.2. The van der Waals surface area contributed by atoms with E-state index >= 15 is 0 Å². The summed E-state index contributed by atoms with van der Waals surface area (Å²) in [4.78, 5) is 33.2. The number of pyridine rings is 1. The quantitative estimate of drug-likeness (QED) is 0.601. The Kier molecular flexibility index (Phi) is 6.56. The number of methoxy groups -OCH3 is 1. The molecule has 0 spiro atoms. The molecular weight excluding hydrogens is 453 g/mol. The van der Waals surface area contributed by atoms with E-state index in [0.717, 1.165) is 5.69 Å². The first-order valence-electron chi connectivity index (χ1n) is 11.4. The van der Waals surface area contributed by atoms with Gasteiger partial charge in [0, 0.05) is 50.3 Å². The second-order valence-electron chi connectivity index (χ2n) is 9.48. The molecule has 186 valence electrons. The first kappa shape index (κ1) is 24.3. The molecule has 1 saturated heterocycles. The Balaban J connectivity index is 1.43. The highest BCUT2D eigenvalue weighted by Crippen LogP contribution is 2.26. The van der Waals surface area contributed by atoms with Gasteiger partial charge in [0.1, 0.15) is 22.8 Å². The molecule has 0 aliphatic carbocycles. The summed E-state index contributed by atoms with van der Waals surface area (Å²) >= 11 is 0. The third kappa shape index (κ3) is 5.47. The van der Waals surface area contributed by atoms with E-state index in [4.69, 9.17) is 9.47 Å². The van der Waals surface area contributed by atoms with Crippen LogP contribution in [-0.4, -0.2) is 65.2 Å². The van der Waals surface area contributed by atoms with Crippen molar-refractivity contribution in [2.75, 3.05) is 43.5 Å². The standard InChI is InChI=1S/C25H30FN5O4/c1-16-14-31-15-18(21(34-5)13-22(31)27-16)23(32)28-20-7-6-17(12-19(20)26)29-8-10-30(11-9-29)24(33)35-25(2,3)4/h6-7,12-15H,8-11H2,1-5H3,(H,28,32). The minimum Gasteiger partial charge on any atom is -0.496 e. The Morgan fingerprint density at radius 3 is 2.43 bits per heavy atom. The second kappa shape index (κ2) is 9.44. The van der Waals surface area contributed by atoms with Gasteiger partial charge >= 0.3 is 6.09 Å². The number of fused-ring (bicyclic) bond motifs is 1. The molecule has 3 heterocycles. The summed E-state index contributed by atoms with van der Waals surface area (Å²) in [6, 6.07) is 6.34. The molecule has 0 radical (unpaired) electrons. The van der Waals surface area contributed by atoms with E-state index < -0.39 is 17.3 Å². The van der Waals surface area contributed by atoms with Crippen LogP contribution in [0, 0.1) is 12.7 Å². The maximum absolute atomic E-state index is 14.9. The van der Waals surface area contributed by atoms with Crippen LogP contribution in [0.1, 0.15) is 36.8 Å². The van der Waals surface area contributed by atoms with Crippen molar-refractivity contribution in [3.05, 3.63) is 53.7 Å². The first-order valence-corrected chi connectivity index (χ1v) is 11.4. The molecule has 3 aromatic rings. The summed E-state index contributed by atoms with van der Waals surface area (Å²) in [7, 11) is 1.47. The fourth-order valence-electron chi connectivity index (χ4n) is 3.95. The fourth-order valence-corrected chi connectivity index (χ4v) is 3.95. The normalized spacial score (nSPS) is 14.2. The van der Waals surface area contributed by atoms with Gasteiger partial charge in [-0.3, -0.25) is 4.79 Å². The Bertz CT molecular complexity index is 1260. The highest BCUT2D eigenvalue weighted by Gasteiger charge is 2.26. The van der Waals surface area contributed by atoms with E-state index in [2.05, 4.69) is 10.3 Å². The molecule has 0 unspecified atom stereocenters. The van der Waals surface area contributed by atoms with Crippen molar-refractivity contribution < 1.29 is 23.5 Å². The number of aryl methyl sites for hydroxylation is 1. The minimum atomic E-state index is -0.552. The average molecular weight is 484 g/mol. The van der Waals surface area contributed by atoms with Crippen molar-refractivity contribution >= 4 is 29.0 Å². The first-order chi connectivity index (χ1) is 16.5. The molecule has 0 saturated carbocycles. The van der Waals surface area contributed by atoms with E-state index in [1.807, 2.05) is 32.6 Å². The summed E-state index contributed by atoms with van der Waals surface area (Å²) in [5.74, 6) is -0.697. The number of rotatable bonds is 4. The fraction of sp³-hybridized carbons (Fsp3) is 0.400. The third-order valence-electron chi connectivity index (χ3n) is 5.64. The molecule has 1 aliphatic heterocycles. The van der Waals surface area contributed by atoms with E-state index in [1.54, 1.807) is 33.8 Å². The summed E-state index contributed by atoms with van der Waals surface area (Å²) < 4.78 is 27.4. The van der Waals surface area contributed by atoms with E-state index in [0.29, 0.717) is 43.3 Å². The summed E-state index contributed by atoms with van der Waals surface area (Å²) in [5.41, 5.74) is 1.91. The Labute approximate surface area is 203 Å². The highest BCUT2D eigenvalue weighted by atomic mass is 19.1. The number of aromatic nitrogens is 2. The maximum Gasteiger partial charge on any atom is 0.410 e. The summed E-state index contributed by atoms with van der Waals surface area (Å²) in [6.45, 7) is 9.40. The Hall–Kier alpha value is -3.82. The molecule has 0 bridgehead atoms. The van der Waals surface area contributed by atoms with Crippen LogP contribution < -0.4 is 15.0 Å². The number of carbonyl (C=O) groups is 2. The Morgan fingerprint density at radius 2 is 1.80 bits per heavy atom. The van der Waals surface area contributed by atoms with Crippen molar-refractivity contribution in [2.24, 2.45) is 0 Å². The minimum absolute atomic E-state index is 0.0649. The van der Waals surface area contributed by atoms with Gasteiger partial charge in [0.05, 0.1) is 24.1 Å². The van der Waals surface area contributed by atoms with Crippen LogP contribution in [0.2, 0.25) is 0 Å². The number of piperazine rings is 1. The smallest absolute Gasteiger partial charge is 0.410 e. The van der Waals surface area contributed by atoms with E-state index in [-0.39, 0.29) is 17.3 Å². The molecule has 2 aromatic heterocycles. The highest BCUT2D eigenvalue weighted by molar-refractivity contribution is 6.06.